The fourth-order valence-corrected chi connectivity index (χ4v) is 2.75. The lowest BCUT2D eigenvalue weighted by atomic mass is 9.84. The van der Waals surface area contributed by atoms with Gasteiger partial charge in [0.05, 0.1) is 32.0 Å². The first kappa shape index (κ1) is 15.4. The summed E-state index contributed by atoms with van der Waals surface area (Å²) < 4.78 is 16.1. The molecule has 0 saturated heterocycles. The topological polar surface area (TPSA) is 123 Å². The Labute approximate surface area is 137 Å². The molecular formula is C16H14N4O4. The predicted molar refractivity (Wildman–Crippen MR) is 83.7 cm³/mol. The summed E-state index contributed by atoms with van der Waals surface area (Å²) in [5.41, 5.74) is 6.28. The summed E-state index contributed by atoms with van der Waals surface area (Å²) in [6, 6.07) is 7.20. The van der Waals surface area contributed by atoms with Crippen molar-refractivity contribution in [2.45, 2.75) is 5.92 Å². The average Bonchev–Trinajstić information content (AvgIpc) is 2.59. The summed E-state index contributed by atoms with van der Waals surface area (Å²) in [7, 11) is 2.98. The number of methoxy groups -OCH3 is 2. The zero-order valence-electron chi connectivity index (χ0n) is 13.0. The summed E-state index contributed by atoms with van der Waals surface area (Å²) in [5, 5.41) is 9.53. The molecule has 2 heterocycles. The molecule has 1 aromatic carbocycles. The Bertz CT molecular complexity index is 926. The third-order valence-electron chi connectivity index (χ3n) is 3.77. The Hall–Kier alpha value is -3.47. The molecule has 0 radical (unpaired) electrons. The number of nitriles is 1. The average molecular weight is 326 g/mol. The van der Waals surface area contributed by atoms with Crippen LogP contribution in [0.25, 0.3) is 0 Å². The summed E-state index contributed by atoms with van der Waals surface area (Å²) in [4.78, 5) is 18.8. The van der Waals surface area contributed by atoms with E-state index in [0.29, 0.717) is 17.1 Å². The molecule has 0 fully saturated rings. The number of hydrogen-bond acceptors (Lipinski definition) is 7. The van der Waals surface area contributed by atoms with E-state index >= 15 is 0 Å². The first-order valence-electron chi connectivity index (χ1n) is 6.98. The van der Waals surface area contributed by atoms with Crippen LogP contribution in [0.15, 0.2) is 40.8 Å². The van der Waals surface area contributed by atoms with Crippen molar-refractivity contribution in [1.29, 1.82) is 5.26 Å². The van der Waals surface area contributed by atoms with Gasteiger partial charge in [0.1, 0.15) is 11.6 Å². The van der Waals surface area contributed by atoms with E-state index in [4.69, 9.17) is 19.9 Å². The van der Waals surface area contributed by atoms with E-state index in [9.17, 15) is 10.1 Å². The molecule has 122 valence electrons. The standard InChI is InChI=1S/C16H14N4O4/c1-22-10-5-3-4-8(13(10)23-2)11-9(6-17)14(18)24-16-12(11)15(21)19-7-20-16/h3-5,7,11H,18H2,1-2H3,(H,19,20,21). The highest BCUT2D eigenvalue weighted by Gasteiger charge is 2.36. The van der Waals surface area contributed by atoms with Crippen LogP contribution in [0.5, 0.6) is 17.4 Å². The highest BCUT2D eigenvalue weighted by molar-refractivity contribution is 5.59. The van der Waals surface area contributed by atoms with Gasteiger partial charge in [0.15, 0.2) is 11.5 Å². The van der Waals surface area contributed by atoms with Crippen LogP contribution >= 0.6 is 0 Å². The molecule has 3 N–H and O–H groups in total. The molecule has 1 aliphatic rings. The Morgan fingerprint density at radius 3 is 2.83 bits per heavy atom. The lowest BCUT2D eigenvalue weighted by molar-refractivity contribution is 0.347. The molecular weight excluding hydrogens is 312 g/mol. The maximum Gasteiger partial charge on any atom is 0.258 e. The quantitative estimate of drug-likeness (QED) is 0.862. The van der Waals surface area contributed by atoms with Crippen molar-refractivity contribution in [3.05, 3.63) is 57.5 Å². The molecule has 1 aliphatic heterocycles. The zero-order valence-corrected chi connectivity index (χ0v) is 13.0. The number of ether oxygens (including phenoxy) is 3. The molecule has 0 aliphatic carbocycles. The summed E-state index contributed by atoms with van der Waals surface area (Å²) in [5.74, 6) is 0.0604. The second-order valence-corrected chi connectivity index (χ2v) is 4.96. The molecule has 0 saturated carbocycles. The Morgan fingerprint density at radius 1 is 1.38 bits per heavy atom. The number of H-pyrrole nitrogens is 1. The number of nitrogens with one attached hydrogen (secondary N) is 1. The van der Waals surface area contributed by atoms with E-state index in [2.05, 4.69) is 9.97 Å². The number of hydrogen-bond donors (Lipinski definition) is 2. The minimum Gasteiger partial charge on any atom is -0.493 e. The number of nitrogens with zero attached hydrogens (tertiary/aromatic N) is 2. The minimum atomic E-state index is -0.777. The van der Waals surface area contributed by atoms with Gasteiger partial charge in [-0.3, -0.25) is 4.79 Å². The number of aromatic nitrogens is 2. The molecule has 0 spiro atoms. The number of rotatable bonds is 3. The van der Waals surface area contributed by atoms with E-state index in [1.165, 1.54) is 20.5 Å². The fraction of sp³-hybridized carbons (Fsp3) is 0.188. The van der Waals surface area contributed by atoms with Crippen molar-refractivity contribution in [3.8, 4) is 23.4 Å². The van der Waals surface area contributed by atoms with Gasteiger partial charge < -0.3 is 24.9 Å². The number of benzene rings is 1. The van der Waals surface area contributed by atoms with Gasteiger partial charge in [-0.15, -0.1) is 0 Å². The van der Waals surface area contributed by atoms with E-state index < -0.39 is 11.5 Å². The molecule has 1 atom stereocenters. The third-order valence-corrected chi connectivity index (χ3v) is 3.77. The number of fused-ring (bicyclic) bond motifs is 1. The maximum atomic E-state index is 12.3. The van der Waals surface area contributed by atoms with Crippen molar-refractivity contribution in [2.75, 3.05) is 14.2 Å². The highest BCUT2D eigenvalue weighted by Crippen LogP contribution is 2.44. The fourth-order valence-electron chi connectivity index (χ4n) is 2.75. The first-order chi connectivity index (χ1) is 11.6. The van der Waals surface area contributed by atoms with Crippen LogP contribution in [-0.4, -0.2) is 24.2 Å². The van der Waals surface area contributed by atoms with Gasteiger partial charge in [0.25, 0.3) is 5.56 Å². The molecule has 1 unspecified atom stereocenters. The van der Waals surface area contributed by atoms with Crippen LogP contribution in [0.1, 0.15) is 17.0 Å². The van der Waals surface area contributed by atoms with Gasteiger partial charge in [0, 0.05) is 5.56 Å². The molecule has 24 heavy (non-hydrogen) atoms. The van der Waals surface area contributed by atoms with E-state index in [1.54, 1.807) is 18.2 Å². The summed E-state index contributed by atoms with van der Waals surface area (Å²) in [6.07, 6.45) is 1.21. The van der Waals surface area contributed by atoms with Gasteiger partial charge >= 0.3 is 0 Å². The second-order valence-electron chi connectivity index (χ2n) is 4.96. The van der Waals surface area contributed by atoms with Gasteiger partial charge in [-0.05, 0) is 6.07 Å². The zero-order chi connectivity index (χ0) is 17.3. The normalized spacial score (nSPS) is 16.0. The van der Waals surface area contributed by atoms with Gasteiger partial charge in [-0.1, -0.05) is 12.1 Å². The number of aromatic amines is 1. The van der Waals surface area contributed by atoms with Crippen molar-refractivity contribution in [3.63, 3.8) is 0 Å². The molecule has 2 aromatic rings. The van der Waals surface area contributed by atoms with E-state index in [0.717, 1.165) is 0 Å². The van der Waals surface area contributed by atoms with Crippen molar-refractivity contribution in [1.82, 2.24) is 9.97 Å². The van der Waals surface area contributed by atoms with Crippen LogP contribution in [0.3, 0.4) is 0 Å². The summed E-state index contributed by atoms with van der Waals surface area (Å²) >= 11 is 0. The van der Waals surface area contributed by atoms with Gasteiger partial charge in [-0.25, -0.2) is 4.98 Å². The number of para-hydroxylation sites is 1. The van der Waals surface area contributed by atoms with Gasteiger partial charge in [0.2, 0.25) is 11.8 Å². The van der Waals surface area contributed by atoms with Gasteiger partial charge in [-0.2, -0.15) is 5.26 Å². The minimum absolute atomic E-state index is 0.0603. The SMILES string of the molecule is COc1cccc(C2C(C#N)=C(N)Oc3nc[nH]c(=O)c32)c1OC. The molecule has 8 heteroatoms. The Balaban J connectivity index is 2.35. The molecule has 8 nitrogen and oxygen atoms in total. The predicted octanol–water partition coefficient (Wildman–Crippen LogP) is 1.01. The Kier molecular flexibility index (Phi) is 3.83. The molecule has 0 amide bonds. The molecule has 1 aromatic heterocycles. The van der Waals surface area contributed by atoms with E-state index in [-0.39, 0.29) is 22.9 Å². The van der Waals surface area contributed by atoms with Crippen molar-refractivity contribution >= 4 is 0 Å². The number of nitrogens with two attached hydrogens (primary N) is 1. The van der Waals surface area contributed by atoms with Crippen molar-refractivity contribution in [2.24, 2.45) is 5.73 Å². The van der Waals surface area contributed by atoms with Crippen LogP contribution in [0.2, 0.25) is 0 Å². The first-order valence-corrected chi connectivity index (χ1v) is 6.98. The maximum absolute atomic E-state index is 12.3. The largest absolute Gasteiger partial charge is 0.493 e. The van der Waals surface area contributed by atoms with Crippen LogP contribution in [0.4, 0.5) is 0 Å². The lowest BCUT2D eigenvalue weighted by Gasteiger charge is -2.26. The number of allylic oxidation sites excluding steroid dienone is 1. The van der Waals surface area contributed by atoms with Crippen molar-refractivity contribution < 1.29 is 14.2 Å². The third kappa shape index (κ3) is 2.23. The highest BCUT2D eigenvalue weighted by atomic mass is 16.5. The van der Waals surface area contributed by atoms with Crippen LogP contribution in [0, 0.1) is 11.3 Å². The molecule has 0 bridgehead atoms. The smallest absolute Gasteiger partial charge is 0.258 e. The monoisotopic (exact) mass is 326 g/mol. The van der Waals surface area contributed by atoms with Crippen LogP contribution < -0.4 is 25.5 Å². The lowest BCUT2D eigenvalue weighted by Crippen LogP contribution is -2.28. The summed E-state index contributed by atoms with van der Waals surface area (Å²) in [6.45, 7) is 0. The van der Waals surface area contributed by atoms with Crippen LogP contribution in [-0.2, 0) is 0 Å². The Morgan fingerprint density at radius 2 is 2.17 bits per heavy atom. The second kappa shape index (κ2) is 5.96. The van der Waals surface area contributed by atoms with E-state index in [1.807, 2.05) is 6.07 Å². The molecule has 3 rings (SSSR count).